The average molecular weight is 197 g/mol. The van der Waals surface area contributed by atoms with Gasteiger partial charge < -0.3 is 5.32 Å². The van der Waals surface area contributed by atoms with Crippen LogP contribution in [-0.2, 0) is 0 Å². The maximum atomic E-state index is 3.69. The number of hydrogen-bond acceptors (Lipinski definition) is 1. The molecule has 14 heavy (non-hydrogen) atoms. The van der Waals surface area contributed by atoms with Gasteiger partial charge in [0.25, 0.3) is 0 Å². The van der Waals surface area contributed by atoms with Crippen molar-refractivity contribution in [2.24, 2.45) is 11.3 Å². The smallest absolute Gasteiger partial charge is 0.00674 e. The highest BCUT2D eigenvalue weighted by molar-refractivity contribution is 4.81. The van der Waals surface area contributed by atoms with Crippen molar-refractivity contribution in [3.63, 3.8) is 0 Å². The molecule has 0 aliphatic heterocycles. The lowest BCUT2D eigenvalue weighted by molar-refractivity contribution is 0.205. The van der Waals surface area contributed by atoms with E-state index >= 15 is 0 Å². The van der Waals surface area contributed by atoms with Gasteiger partial charge in [-0.3, -0.25) is 0 Å². The van der Waals surface area contributed by atoms with Crippen molar-refractivity contribution in [3.05, 3.63) is 0 Å². The second kappa shape index (κ2) is 5.16. The molecule has 1 fully saturated rings. The summed E-state index contributed by atoms with van der Waals surface area (Å²) in [6, 6.07) is 0.807. The highest BCUT2D eigenvalue weighted by Gasteiger charge is 2.26. The fourth-order valence-electron chi connectivity index (χ4n) is 2.18. The maximum absolute atomic E-state index is 3.69. The molecule has 0 atom stereocenters. The summed E-state index contributed by atoms with van der Waals surface area (Å²) in [7, 11) is 0. The van der Waals surface area contributed by atoms with Crippen LogP contribution >= 0.6 is 0 Å². The minimum atomic E-state index is 0.607. The molecule has 0 radical (unpaired) electrons. The molecule has 1 N–H and O–H groups in total. The van der Waals surface area contributed by atoms with Crippen molar-refractivity contribution in [2.75, 3.05) is 6.54 Å². The van der Waals surface area contributed by atoms with Crippen LogP contribution in [0.4, 0.5) is 0 Å². The molecule has 1 saturated carbocycles. The van der Waals surface area contributed by atoms with E-state index in [1.807, 2.05) is 0 Å². The van der Waals surface area contributed by atoms with Crippen LogP contribution in [0.3, 0.4) is 0 Å². The molecule has 0 unspecified atom stereocenters. The van der Waals surface area contributed by atoms with Crippen molar-refractivity contribution in [1.29, 1.82) is 0 Å². The standard InChI is InChI=1S/C13H27N/c1-11(2)7-10-14-12-5-8-13(3,4)9-6-12/h11-12,14H,5-10H2,1-4H3. The molecule has 1 rings (SSSR count). The Bertz CT molecular complexity index is 151. The zero-order valence-electron chi connectivity index (χ0n) is 10.4. The van der Waals surface area contributed by atoms with Gasteiger partial charge in [-0.2, -0.15) is 0 Å². The average Bonchev–Trinajstić information content (AvgIpc) is 2.07. The first-order chi connectivity index (χ1) is 6.49. The Morgan fingerprint density at radius 3 is 2.29 bits per heavy atom. The molecule has 1 aliphatic carbocycles. The fourth-order valence-corrected chi connectivity index (χ4v) is 2.18. The summed E-state index contributed by atoms with van der Waals surface area (Å²) in [6.45, 7) is 10.6. The minimum Gasteiger partial charge on any atom is -0.314 e. The van der Waals surface area contributed by atoms with E-state index in [0.29, 0.717) is 5.41 Å². The minimum absolute atomic E-state index is 0.607. The van der Waals surface area contributed by atoms with Gasteiger partial charge in [-0.15, -0.1) is 0 Å². The molecule has 84 valence electrons. The molecule has 0 spiro atoms. The second-order valence-corrected chi connectivity index (χ2v) is 6.08. The third-order valence-corrected chi connectivity index (χ3v) is 3.49. The van der Waals surface area contributed by atoms with Gasteiger partial charge in [0.1, 0.15) is 0 Å². The Labute approximate surface area is 89.7 Å². The number of hydrogen-bond donors (Lipinski definition) is 1. The van der Waals surface area contributed by atoms with Crippen LogP contribution in [0.15, 0.2) is 0 Å². The molecule has 1 nitrogen and oxygen atoms in total. The van der Waals surface area contributed by atoms with Gasteiger partial charge in [0.15, 0.2) is 0 Å². The van der Waals surface area contributed by atoms with Crippen LogP contribution in [0.1, 0.15) is 59.8 Å². The Kier molecular flexibility index (Phi) is 4.43. The van der Waals surface area contributed by atoms with Crippen molar-refractivity contribution in [3.8, 4) is 0 Å². The van der Waals surface area contributed by atoms with E-state index < -0.39 is 0 Å². The summed E-state index contributed by atoms with van der Waals surface area (Å²) < 4.78 is 0. The van der Waals surface area contributed by atoms with Crippen molar-refractivity contribution < 1.29 is 0 Å². The molecular formula is C13H27N. The highest BCUT2D eigenvalue weighted by atomic mass is 14.9. The zero-order chi connectivity index (χ0) is 10.6. The summed E-state index contributed by atoms with van der Waals surface area (Å²) in [5.41, 5.74) is 0.607. The molecule has 0 saturated heterocycles. The van der Waals surface area contributed by atoms with Crippen LogP contribution in [-0.4, -0.2) is 12.6 Å². The van der Waals surface area contributed by atoms with Gasteiger partial charge in [-0.05, 0) is 50.0 Å². The van der Waals surface area contributed by atoms with Gasteiger partial charge in [0.05, 0.1) is 0 Å². The Morgan fingerprint density at radius 1 is 1.21 bits per heavy atom. The Balaban J connectivity index is 2.10. The molecule has 1 heteroatoms. The van der Waals surface area contributed by atoms with E-state index in [1.54, 1.807) is 0 Å². The summed E-state index contributed by atoms with van der Waals surface area (Å²) in [5.74, 6) is 0.836. The third kappa shape index (κ3) is 4.45. The number of nitrogens with one attached hydrogen (secondary N) is 1. The van der Waals surface area contributed by atoms with Gasteiger partial charge in [0, 0.05) is 6.04 Å². The first-order valence-electron chi connectivity index (χ1n) is 6.23. The lowest BCUT2D eigenvalue weighted by Crippen LogP contribution is -2.36. The molecule has 0 amide bonds. The predicted octanol–water partition coefficient (Wildman–Crippen LogP) is 3.59. The highest BCUT2D eigenvalue weighted by Crippen LogP contribution is 2.34. The molecule has 0 bridgehead atoms. The summed E-state index contributed by atoms with van der Waals surface area (Å²) in [6.07, 6.45) is 6.87. The molecular weight excluding hydrogens is 170 g/mol. The van der Waals surface area contributed by atoms with Gasteiger partial charge in [-0.1, -0.05) is 27.7 Å². The SMILES string of the molecule is CC(C)CCNC1CCC(C)(C)CC1. The van der Waals surface area contributed by atoms with Gasteiger partial charge in [-0.25, -0.2) is 0 Å². The lowest BCUT2D eigenvalue weighted by Gasteiger charge is -2.34. The van der Waals surface area contributed by atoms with Gasteiger partial charge in [0.2, 0.25) is 0 Å². The fraction of sp³-hybridized carbons (Fsp3) is 1.00. The van der Waals surface area contributed by atoms with E-state index in [-0.39, 0.29) is 0 Å². The Morgan fingerprint density at radius 2 is 1.79 bits per heavy atom. The lowest BCUT2D eigenvalue weighted by atomic mass is 9.75. The topological polar surface area (TPSA) is 12.0 Å². The summed E-state index contributed by atoms with van der Waals surface area (Å²) in [5, 5.41) is 3.69. The molecule has 0 aromatic rings. The van der Waals surface area contributed by atoms with Crippen molar-refractivity contribution >= 4 is 0 Å². The quantitative estimate of drug-likeness (QED) is 0.726. The third-order valence-electron chi connectivity index (χ3n) is 3.49. The maximum Gasteiger partial charge on any atom is 0.00674 e. The number of rotatable bonds is 4. The van der Waals surface area contributed by atoms with E-state index in [9.17, 15) is 0 Å². The van der Waals surface area contributed by atoms with E-state index in [2.05, 4.69) is 33.0 Å². The molecule has 1 aliphatic rings. The zero-order valence-corrected chi connectivity index (χ0v) is 10.4. The van der Waals surface area contributed by atoms with Crippen LogP contribution < -0.4 is 5.32 Å². The first kappa shape index (κ1) is 12.0. The first-order valence-corrected chi connectivity index (χ1v) is 6.23. The molecule has 0 heterocycles. The van der Waals surface area contributed by atoms with Crippen LogP contribution in [0.5, 0.6) is 0 Å². The normalized spacial score (nSPS) is 22.9. The van der Waals surface area contributed by atoms with E-state index in [4.69, 9.17) is 0 Å². The molecule has 0 aromatic carbocycles. The van der Waals surface area contributed by atoms with E-state index in [0.717, 1.165) is 12.0 Å². The predicted molar refractivity (Wildman–Crippen MR) is 63.5 cm³/mol. The summed E-state index contributed by atoms with van der Waals surface area (Å²) >= 11 is 0. The van der Waals surface area contributed by atoms with Crippen LogP contribution in [0.2, 0.25) is 0 Å². The summed E-state index contributed by atoms with van der Waals surface area (Å²) in [4.78, 5) is 0. The Hall–Kier alpha value is -0.0400. The molecule has 0 aromatic heterocycles. The van der Waals surface area contributed by atoms with Crippen molar-refractivity contribution in [1.82, 2.24) is 5.32 Å². The van der Waals surface area contributed by atoms with E-state index in [1.165, 1.54) is 38.6 Å². The second-order valence-electron chi connectivity index (χ2n) is 6.08. The van der Waals surface area contributed by atoms with Crippen LogP contribution in [0.25, 0.3) is 0 Å². The van der Waals surface area contributed by atoms with Crippen molar-refractivity contribution in [2.45, 2.75) is 65.8 Å². The monoisotopic (exact) mass is 197 g/mol. The van der Waals surface area contributed by atoms with Gasteiger partial charge >= 0.3 is 0 Å². The van der Waals surface area contributed by atoms with Crippen LogP contribution in [0, 0.1) is 11.3 Å². The largest absolute Gasteiger partial charge is 0.314 e.